The van der Waals surface area contributed by atoms with Gasteiger partial charge in [-0.2, -0.15) is 0 Å². The number of anilines is 1. The van der Waals surface area contributed by atoms with Gasteiger partial charge in [0.25, 0.3) is 5.91 Å². The molecule has 0 spiro atoms. The van der Waals surface area contributed by atoms with Crippen LogP contribution in [0.5, 0.6) is 5.75 Å². The van der Waals surface area contributed by atoms with Gasteiger partial charge in [0.1, 0.15) is 5.75 Å². The predicted molar refractivity (Wildman–Crippen MR) is 96.1 cm³/mol. The van der Waals surface area contributed by atoms with Gasteiger partial charge in [-0.15, -0.1) is 12.4 Å². The van der Waals surface area contributed by atoms with E-state index in [-0.39, 0.29) is 23.8 Å². The third-order valence-corrected chi connectivity index (χ3v) is 3.86. The quantitative estimate of drug-likeness (QED) is 0.683. The third-order valence-electron chi connectivity index (χ3n) is 3.17. The van der Waals surface area contributed by atoms with Gasteiger partial charge in [-0.3, -0.25) is 4.79 Å². The van der Waals surface area contributed by atoms with Gasteiger partial charge < -0.3 is 26.2 Å². The molecular formula is C14H25BrClN3O3. The fraction of sp³-hybridized carbons (Fsp3) is 0.500. The molecule has 0 aliphatic carbocycles. The maximum atomic E-state index is 12.2. The van der Waals surface area contributed by atoms with Crippen LogP contribution in [0.2, 0.25) is 0 Å². The fourth-order valence-electron chi connectivity index (χ4n) is 1.88. The molecule has 0 unspecified atom stereocenters. The number of nitrogens with zero attached hydrogens (tertiary/aromatic N) is 1. The molecule has 0 radical (unpaired) electrons. The molecule has 6 nitrogen and oxygen atoms in total. The minimum absolute atomic E-state index is 0. The van der Waals surface area contributed by atoms with E-state index in [4.69, 9.17) is 10.5 Å². The van der Waals surface area contributed by atoms with Crippen LogP contribution in [0.4, 0.5) is 5.69 Å². The summed E-state index contributed by atoms with van der Waals surface area (Å²) in [5.74, 6) is 0.320. The van der Waals surface area contributed by atoms with Gasteiger partial charge in [0.2, 0.25) is 0 Å². The number of carbonyl (C=O) groups is 1. The number of ether oxygens (including phenoxy) is 1. The summed E-state index contributed by atoms with van der Waals surface area (Å²) < 4.78 is 5.89. The topological polar surface area (TPSA) is 99.1 Å². The first kappa shape index (κ1) is 23.2. The Hall–Kier alpha value is -1.02. The normalized spacial score (nSPS) is 9.68. The summed E-state index contributed by atoms with van der Waals surface area (Å²) in [5, 5.41) is 2.90. The number of carbonyl (C=O) groups excluding carboxylic acids is 1. The monoisotopic (exact) mass is 397 g/mol. The first-order chi connectivity index (χ1) is 9.53. The number of halogens is 2. The Labute approximate surface area is 146 Å². The molecule has 8 heteroatoms. The number of amides is 1. The number of methoxy groups -OCH3 is 1. The van der Waals surface area contributed by atoms with E-state index in [0.717, 1.165) is 19.6 Å². The van der Waals surface area contributed by atoms with Gasteiger partial charge in [-0.1, -0.05) is 13.8 Å². The number of hydrogen-bond acceptors (Lipinski definition) is 4. The lowest BCUT2D eigenvalue weighted by molar-refractivity contribution is 0.0946. The van der Waals surface area contributed by atoms with Crippen LogP contribution in [0.15, 0.2) is 16.6 Å². The second-order valence-corrected chi connectivity index (χ2v) is 5.21. The van der Waals surface area contributed by atoms with Crippen molar-refractivity contribution in [3.8, 4) is 5.75 Å². The van der Waals surface area contributed by atoms with Crippen LogP contribution in [-0.4, -0.2) is 49.6 Å². The number of nitrogens with one attached hydrogen (secondary N) is 1. The minimum atomic E-state index is -0.158. The highest BCUT2D eigenvalue weighted by atomic mass is 79.9. The van der Waals surface area contributed by atoms with E-state index in [1.54, 1.807) is 12.1 Å². The summed E-state index contributed by atoms with van der Waals surface area (Å²) >= 11 is 3.32. The zero-order valence-corrected chi connectivity index (χ0v) is 15.5. The molecule has 22 heavy (non-hydrogen) atoms. The van der Waals surface area contributed by atoms with Crippen molar-refractivity contribution in [1.29, 1.82) is 0 Å². The zero-order valence-electron chi connectivity index (χ0n) is 13.1. The average molecular weight is 399 g/mol. The molecule has 1 amide bonds. The second kappa shape index (κ2) is 11.5. The van der Waals surface area contributed by atoms with Crippen molar-refractivity contribution >= 4 is 39.9 Å². The Morgan fingerprint density at radius 2 is 1.95 bits per heavy atom. The van der Waals surface area contributed by atoms with Crippen LogP contribution in [0, 0.1) is 0 Å². The van der Waals surface area contributed by atoms with E-state index in [1.165, 1.54) is 7.11 Å². The highest BCUT2D eigenvalue weighted by Crippen LogP contribution is 2.28. The van der Waals surface area contributed by atoms with Gasteiger partial charge in [0.15, 0.2) is 0 Å². The summed E-state index contributed by atoms with van der Waals surface area (Å²) in [6.45, 7) is 7.59. The molecule has 0 bridgehead atoms. The molecule has 1 rings (SSSR count). The molecular weight excluding hydrogens is 374 g/mol. The molecule has 0 atom stereocenters. The number of nitrogen functional groups attached to an aromatic ring is 1. The molecule has 0 fully saturated rings. The second-order valence-electron chi connectivity index (χ2n) is 4.36. The van der Waals surface area contributed by atoms with E-state index >= 15 is 0 Å². The minimum Gasteiger partial charge on any atom is -0.496 e. The van der Waals surface area contributed by atoms with E-state index in [1.807, 2.05) is 0 Å². The van der Waals surface area contributed by atoms with E-state index in [0.29, 0.717) is 28.0 Å². The van der Waals surface area contributed by atoms with Gasteiger partial charge in [0, 0.05) is 29.3 Å². The van der Waals surface area contributed by atoms with E-state index < -0.39 is 0 Å². The summed E-state index contributed by atoms with van der Waals surface area (Å²) in [4.78, 5) is 14.4. The van der Waals surface area contributed by atoms with Gasteiger partial charge >= 0.3 is 0 Å². The lowest BCUT2D eigenvalue weighted by Gasteiger charge is -2.18. The Morgan fingerprint density at radius 3 is 2.45 bits per heavy atom. The summed E-state index contributed by atoms with van der Waals surface area (Å²) in [6, 6.07) is 3.32. The first-order valence-corrected chi connectivity index (χ1v) is 7.46. The SMILES string of the molecule is CCN(CC)CCNC(=O)c1cc(Br)c(N)cc1OC.Cl.O. The average Bonchev–Trinajstić information content (AvgIpc) is 2.45. The van der Waals surface area contributed by atoms with Gasteiger partial charge in [-0.05, 0) is 35.1 Å². The van der Waals surface area contributed by atoms with Crippen molar-refractivity contribution in [3.63, 3.8) is 0 Å². The third kappa shape index (κ3) is 6.39. The molecule has 1 aromatic carbocycles. The van der Waals surface area contributed by atoms with Gasteiger partial charge in [0.05, 0.1) is 12.7 Å². The number of rotatable bonds is 7. The lowest BCUT2D eigenvalue weighted by Crippen LogP contribution is -2.34. The van der Waals surface area contributed by atoms with Crippen molar-refractivity contribution in [2.24, 2.45) is 0 Å². The summed E-state index contributed by atoms with van der Waals surface area (Å²) in [6.07, 6.45) is 0. The van der Waals surface area contributed by atoms with Crippen molar-refractivity contribution in [2.75, 3.05) is 39.0 Å². The maximum Gasteiger partial charge on any atom is 0.255 e. The summed E-state index contributed by atoms with van der Waals surface area (Å²) in [7, 11) is 1.52. The molecule has 0 saturated heterocycles. The maximum absolute atomic E-state index is 12.2. The number of nitrogens with two attached hydrogens (primary N) is 1. The highest BCUT2D eigenvalue weighted by Gasteiger charge is 2.14. The highest BCUT2D eigenvalue weighted by molar-refractivity contribution is 9.10. The van der Waals surface area contributed by atoms with E-state index in [2.05, 4.69) is 40.0 Å². The number of hydrogen-bond donors (Lipinski definition) is 2. The number of benzene rings is 1. The largest absolute Gasteiger partial charge is 0.496 e. The molecule has 0 aromatic heterocycles. The zero-order chi connectivity index (χ0) is 15.1. The van der Waals surface area contributed by atoms with Crippen molar-refractivity contribution in [2.45, 2.75) is 13.8 Å². The molecule has 128 valence electrons. The van der Waals surface area contributed by atoms with Crippen LogP contribution in [0.3, 0.4) is 0 Å². The first-order valence-electron chi connectivity index (χ1n) is 6.67. The smallest absolute Gasteiger partial charge is 0.255 e. The van der Waals surface area contributed by atoms with Crippen molar-refractivity contribution in [1.82, 2.24) is 10.2 Å². The molecule has 1 aromatic rings. The molecule has 0 heterocycles. The van der Waals surface area contributed by atoms with Gasteiger partial charge in [-0.25, -0.2) is 0 Å². The van der Waals surface area contributed by atoms with Crippen LogP contribution in [-0.2, 0) is 0 Å². The van der Waals surface area contributed by atoms with E-state index in [9.17, 15) is 4.79 Å². The Bertz CT molecular complexity index is 471. The Kier molecular flexibility index (Phi) is 12.2. The molecule has 5 N–H and O–H groups in total. The fourth-order valence-corrected chi connectivity index (χ4v) is 2.22. The molecule has 0 saturated carbocycles. The van der Waals surface area contributed by atoms with Crippen molar-refractivity contribution < 1.29 is 15.0 Å². The number of likely N-dealkylation sites (N-methyl/N-ethyl adjacent to an activating group) is 1. The lowest BCUT2D eigenvalue weighted by atomic mass is 10.1. The van der Waals surface area contributed by atoms with Crippen molar-refractivity contribution in [3.05, 3.63) is 22.2 Å². The van der Waals surface area contributed by atoms with Crippen LogP contribution in [0.25, 0.3) is 0 Å². The Morgan fingerprint density at radius 1 is 1.36 bits per heavy atom. The molecule has 0 aliphatic rings. The summed E-state index contributed by atoms with van der Waals surface area (Å²) in [5.41, 5.74) is 6.80. The van der Waals surface area contributed by atoms with Crippen LogP contribution < -0.4 is 15.8 Å². The van der Waals surface area contributed by atoms with Crippen LogP contribution >= 0.6 is 28.3 Å². The standard InChI is InChI=1S/C14H22BrN3O2.ClH.H2O/c1-4-18(5-2)7-6-17-14(19)10-8-11(15)12(16)9-13(10)20-3;;/h8-9H,4-7,16H2,1-3H3,(H,17,19);1H;1H2. The molecule has 0 aliphatic heterocycles. The predicted octanol–water partition coefficient (Wildman–Crippen LogP) is 1.71. The Balaban J connectivity index is 0. The van der Waals surface area contributed by atoms with Crippen LogP contribution in [0.1, 0.15) is 24.2 Å².